The van der Waals surface area contributed by atoms with Crippen LogP contribution in [0.5, 0.6) is 0 Å². The molecule has 118 valence electrons. The van der Waals surface area contributed by atoms with E-state index >= 15 is 0 Å². The van der Waals surface area contributed by atoms with Gasteiger partial charge in [-0.3, -0.25) is 9.69 Å². The Kier molecular flexibility index (Phi) is 5.82. The average molecular weight is 293 g/mol. The minimum absolute atomic E-state index is 0.108. The third-order valence-electron chi connectivity index (χ3n) is 3.95. The van der Waals surface area contributed by atoms with Gasteiger partial charge in [0.25, 0.3) is 0 Å². The smallest absolute Gasteiger partial charge is 0.221 e. The summed E-state index contributed by atoms with van der Waals surface area (Å²) in [6.45, 7) is 5.52. The van der Waals surface area contributed by atoms with Crippen molar-refractivity contribution in [2.45, 2.75) is 32.2 Å². The maximum Gasteiger partial charge on any atom is 0.221 e. The van der Waals surface area contributed by atoms with Gasteiger partial charge in [-0.05, 0) is 59.1 Å². The van der Waals surface area contributed by atoms with Gasteiger partial charge in [-0.15, -0.1) is 0 Å². The molecule has 5 nitrogen and oxygen atoms in total. The Hall–Kier alpha value is -1.33. The van der Waals surface area contributed by atoms with Crippen molar-refractivity contribution in [3.8, 4) is 0 Å². The van der Waals surface area contributed by atoms with Gasteiger partial charge in [-0.25, -0.2) is 0 Å². The summed E-state index contributed by atoms with van der Waals surface area (Å²) < 4.78 is 5.79. The number of nitrogens with one attached hydrogen (secondary N) is 1. The summed E-state index contributed by atoms with van der Waals surface area (Å²) in [6.07, 6.45) is 2.99. The number of likely N-dealkylation sites (tertiary alicyclic amines) is 1. The van der Waals surface area contributed by atoms with Crippen molar-refractivity contribution in [3.63, 3.8) is 0 Å². The first-order valence-electron chi connectivity index (χ1n) is 7.78. The highest BCUT2D eigenvalue weighted by Gasteiger charge is 2.26. The minimum atomic E-state index is 0.108. The van der Waals surface area contributed by atoms with E-state index < -0.39 is 0 Å². The highest BCUT2D eigenvalue weighted by atomic mass is 16.3. The summed E-state index contributed by atoms with van der Waals surface area (Å²) in [4.78, 5) is 16.3. The van der Waals surface area contributed by atoms with Crippen LogP contribution in [0.25, 0.3) is 0 Å². The number of hydrogen-bond acceptors (Lipinski definition) is 4. The van der Waals surface area contributed by atoms with E-state index in [1.807, 2.05) is 38.1 Å². The fourth-order valence-corrected chi connectivity index (χ4v) is 2.72. The fourth-order valence-electron chi connectivity index (χ4n) is 2.72. The molecule has 1 atom stereocenters. The van der Waals surface area contributed by atoms with Gasteiger partial charge in [0.15, 0.2) is 0 Å². The molecule has 0 saturated carbocycles. The maximum absolute atomic E-state index is 11.9. The van der Waals surface area contributed by atoms with Crippen LogP contribution in [0.2, 0.25) is 0 Å². The summed E-state index contributed by atoms with van der Waals surface area (Å²) in [6, 6.07) is 4.18. The van der Waals surface area contributed by atoms with Crippen molar-refractivity contribution in [2.75, 3.05) is 40.3 Å². The van der Waals surface area contributed by atoms with Crippen LogP contribution in [0.1, 0.15) is 36.8 Å². The molecule has 1 aliphatic rings. The molecule has 1 aromatic heterocycles. The first kappa shape index (κ1) is 16.0. The molecule has 0 spiro atoms. The Labute approximate surface area is 127 Å². The Morgan fingerprint density at radius 2 is 2.10 bits per heavy atom. The van der Waals surface area contributed by atoms with Gasteiger partial charge in [0.05, 0.1) is 6.04 Å². The van der Waals surface area contributed by atoms with Gasteiger partial charge in [0.2, 0.25) is 5.91 Å². The Morgan fingerprint density at radius 1 is 1.38 bits per heavy atom. The van der Waals surface area contributed by atoms with Gasteiger partial charge in [0, 0.05) is 19.5 Å². The number of nitrogens with zero attached hydrogens (tertiary/aromatic N) is 2. The molecule has 0 bridgehead atoms. The topological polar surface area (TPSA) is 48.7 Å². The van der Waals surface area contributed by atoms with E-state index in [-0.39, 0.29) is 11.9 Å². The fraction of sp³-hybridized carbons (Fsp3) is 0.688. The van der Waals surface area contributed by atoms with Crippen LogP contribution in [-0.2, 0) is 4.79 Å². The van der Waals surface area contributed by atoms with Crippen LogP contribution >= 0.6 is 0 Å². The highest BCUT2D eigenvalue weighted by molar-refractivity contribution is 5.76. The minimum Gasteiger partial charge on any atom is -0.465 e. The van der Waals surface area contributed by atoms with Crippen molar-refractivity contribution in [1.82, 2.24) is 15.1 Å². The van der Waals surface area contributed by atoms with Crippen molar-refractivity contribution < 1.29 is 9.21 Å². The first-order chi connectivity index (χ1) is 10.1. The zero-order chi connectivity index (χ0) is 15.2. The molecule has 1 amide bonds. The second-order valence-electron chi connectivity index (χ2n) is 6.06. The lowest BCUT2D eigenvalue weighted by Crippen LogP contribution is -2.37. The quantitative estimate of drug-likeness (QED) is 0.833. The number of aryl methyl sites for hydroxylation is 1. The Balaban J connectivity index is 1.91. The van der Waals surface area contributed by atoms with Crippen molar-refractivity contribution in [1.29, 1.82) is 0 Å². The lowest BCUT2D eigenvalue weighted by Gasteiger charge is -2.26. The second kappa shape index (κ2) is 7.61. The van der Waals surface area contributed by atoms with Gasteiger partial charge in [-0.1, -0.05) is 0 Å². The number of furan rings is 1. The molecule has 1 aromatic rings. The molecule has 1 N–H and O–H groups in total. The summed E-state index contributed by atoms with van der Waals surface area (Å²) in [5.74, 6) is 1.99. The number of amides is 1. The van der Waals surface area contributed by atoms with Crippen LogP contribution < -0.4 is 5.32 Å². The standard InChI is InChI=1S/C16H27N3O2/c1-13-6-7-15(21-13)14(19-9-4-5-10-19)12-17-16(20)8-11-18(2)3/h6-7,14H,4-5,8-12H2,1-3H3,(H,17,20). The summed E-state index contributed by atoms with van der Waals surface area (Å²) in [5.41, 5.74) is 0. The zero-order valence-electron chi connectivity index (χ0n) is 13.4. The lowest BCUT2D eigenvalue weighted by molar-refractivity contribution is -0.121. The van der Waals surface area contributed by atoms with Crippen LogP contribution in [-0.4, -0.2) is 56.0 Å². The molecule has 1 saturated heterocycles. The average Bonchev–Trinajstić information content (AvgIpc) is 3.09. The molecule has 2 rings (SSSR count). The molecule has 5 heteroatoms. The van der Waals surface area contributed by atoms with E-state index in [1.54, 1.807) is 0 Å². The molecule has 2 heterocycles. The molecular weight excluding hydrogens is 266 g/mol. The Bertz CT molecular complexity index is 450. The van der Waals surface area contributed by atoms with E-state index in [1.165, 1.54) is 12.8 Å². The molecule has 1 aliphatic heterocycles. The van der Waals surface area contributed by atoms with E-state index in [0.717, 1.165) is 31.2 Å². The number of carbonyl (C=O) groups excluding carboxylic acids is 1. The van der Waals surface area contributed by atoms with E-state index in [4.69, 9.17) is 4.42 Å². The summed E-state index contributed by atoms with van der Waals surface area (Å²) >= 11 is 0. The van der Waals surface area contributed by atoms with Crippen molar-refractivity contribution in [2.24, 2.45) is 0 Å². The lowest BCUT2D eigenvalue weighted by atomic mass is 10.2. The number of hydrogen-bond donors (Lipinski definition) is 1. The predicted octanol–water partition coefficient (Wildman–Crippen LogP) is 1.79. The van der Waals surface area contributed by atoms with Crippen molar-refractivity contribution >= 4 is 5.91 Å². The van der Waals surface area contributed by atoms with E-state index in [2.05, 4.69) is 10.2 Å². The van der Waals surface area contributed by atoms with Crippen LogP contribution in [0, 0.1) is 6.92 Å². The highest BCUT2D eigenvalue weighted by Crippen LogP contribution is 2.26. The second-order valence-corrected chi connectivity index (χ2v) is 6.06. The molecular formula is C16H27N3O2. The normalized spacial score (nSPS) is 17.3. The van der Waals surface area contributed by atoms with E-state index in [9.17, 15) is 4.79 Å². The van der Waals surface area contributed by atoms with Gasteiger partial charge in [-0.2, -0.15) is 0 Å². The maximum atomic E-state index is 11.9. The molecule has 0 radical (unpaired) electrons. The third-order valence-corrected chi connectivity index (χ3v) is 3.95. The largest absolute Gasteiger partial charge is 0.465 e. The molecule has 0 aromatic carbocycles. The summed E-state index contributed by atoms with van der Waals surface area (Å²) in [5, 5.41) is 3.06. The van der Waals surface area contributed by atoms with E-state index in [0.29, 0.717) is 13.0 Å². The van der Waals surface area contributed by atoms with Gasteiger partial charge < -0.3 is 14.6 Å². The SMILES string of the molecule is Cc1ccc(C(CNC(=O)CCN(C)C)N2CCCC2)o1. The molecule has 21 heavy (non-hydrogen) atoms. The number of carbonyl (C=O) groups is 1. The third kappa shape index (κ3) is 4.86. The zero-order valence-corrected chi connectivity index (χ0v) is 13.4. The van der Waals surface area contributed by atoms with Crippen LogP contribution in [0.15, 0.2) is 16.5 Å². The van der Waals surface area contributed by atoms with Crippen LogP contribution in [0.4, 0.5) is 0 Å². The summed E-state index contributed by atoms with van der Waals surface area (Å²) in [7, 11) is 3.96. The predicted molar refractivity (Wildman–Crippen MR) is 83.2 cm³/mol. The first-order valence-corrected chi connectivity index (χ1v) is 7.78. The molecule has 0 aliphatic carbocycles. The van der Waals surface area contributed by atoms with Gasteiger partial charge >= 0.3 is 0 Å². The van der Waals surface area contributed by atoms with Crippen LogP contribution in [0.3, 0.4) is 0 Å². The van der Waals surface area contributed by atoms with Gasteiger partial charge in [0.1, 0.15) is 11.5 Å². The number of rotatable bonds is 7. The molecule has 1 fully saturated rings. The molecule has 1 unspecified atom stereocenters. The van der Waals surface area contributed by atoms with Crippen molar-refractivity contribution in [3.05, 3.63) is 23.7 Å². The monoisotopic (exact) mass is 293 g/mol. The Morgan fingerprint density at radius 3 is 2.67 bits per heavy atom.